The second-order valence-electron chi connectivity index (χ2n) is 5.89. The topological polar surface area (TPSA) is 66.5 Å². The maximum Gasteiger partial charge on any atom is 0.273 e. The number of amides is 1. The lowest BCUT2D eigenvalue weighted by atomic mass is 10.1. The molecule has 130 valence electrons. The highest BCUT2D eigenvalue weighted by molar-refractivity contribution is 7.94. The fourth-order valence-corrected chi connectivity index (χ4v) is 4.44. The number of hydrogen-bond acceptors (Lipinski definition) is 4. The Labute approximate surface area is 147 Å². The predicted molar refractivity (Wildman–Crippen MR) is 98.1 cm³/mol. The van der Waals surface area contributed by atoms with Crippen molar-refractivity contribution < 1.29 is 13.2 Å². The molecule has 0 aliphatic rings. The van der Waals surface area contributed by atoms with E-state index in [1.807, 2.05) is 0 Å². The number of rotatable bonds is 7. The summed E-state index contributed by atoms with van der Waals surface area (Å²) < 4.78 is 26.5. The van der Waals surface area contributed by atoms with E-state index in [1.54, 1.807) is 41.8 Å². The Morgan fingerprint density at radius 3 is 2.42 bits per heavy atom. The van der Waals surface area contributed by atoms with E-state index in [4.69, 9.17) is 0 Å². The molecule has 0 unspecified atom stereocenters. The zero-order valence-corrected chi connectivity index (χ0v) is 15.7. The monoisotopic (exact) mass is 366 g/mol. The lowest BCUT2D eigenvalue weighted by molar-refractivity contribution is 0.0952. The summed E-state index contributed by atoms with van der Waals surface area (Å²) in [4.78, 5) is 12.0. The largest absolute Gasteiger partial charge is 0.352 e. The average Bonchev–Trinajstić information content (AvgIpc) is 3.09. The molecule has 24 heavy (non-hydrogen) atoms. The summed E-state index contributed by atoms with van der Waals surface area (Å²) in [6.07, 6.45) is 0.922. The van der Waals surface area contributed by atoms with Crippen LogP contribution in [-0.2, 0) is 10.0 Å². The second kappa shape index (κ2) is 7.81. The molecular weight excluding hydrogens is 344 g/mol. The van der Waals surface area contributed by atoms with Crippen LogP contribution < -0.4 is 9.62 Å². The highest BCUT2D eigenvalue weighted by atomic mass is 32.2. The number of anilines is 1. The standard InChI is InChI=1S/C17H22N2O3S2/c1-13(2)10-11-18-17(20)14-6-8-15(9-7-14)19(3)24(21,22)16-5-4-12-23-16/h4-9,12-13H,10-11H2,1-3H3,(H,18,20). The lowest BCUT2D eigenvalue weighted by Gasteiger charge is -2.18. The molecule has 1 amide bonds. The third-order valence-electron chi connectivity index (χ3n) is 3.61. The molecule has 0 aliphatic heterocycles. The van der Waals surface area contributed by atoms with E-state index < -0.39 is 10.0 Å². The molecule has 1 aromatic heterocycles. The van der Waals surface area contributed by atoms with Gasteiger partial charge in [-0.05, 0) is 48.1 Å². The zero-order valence-electron chi connectivity index (χ0n) is 14.0. The van der Waals surface area contributed by atoms with Crippen LogP contribution in [0.4, 0.5) is 5.69 Å². The Kier molecular flexibility index (Phi) is 6.01. The molecule has 0 spiro atoms. The van der Waals surface area contributed by atoms with Crippen molar-refractivity contribution in [2.75, 3.05) is 17.9 Å². The van der Waals surface area contributed by atoms with Gasteiger partial charge in [0.2, 0.25) is 0 Å². The first-order valence-electron chi connectivity index (χ1n) is 7.73. The second-order valence-corrected chi connectivity index (χ2v) is 9.03. The summed E-state index contributed by atoms with van der Waals surface area (Å²) in [6.45, 7) is 4.83. The van der Waals surface area contributed by atoms with Crippen LogP contribution in [0.25, 0.3) is 0 Å². The number of nitrogens with one attached hydrogen (secondary N) is 1. The first-order chi connectivity index (χ1) is 11.3. The van der Waals surface area contributed by atoms with Crippen molar-refractivity contribution in [2.24, 2.45) is 5.92 Å². The normalized spacial score (nSPS) is 11.5. The summed E-state index contributed by atoms with van der Waals surface area (Å²) in [6, 6.07) is 9.84. The smallest absolute Gasteiger partial charge is 0.273 e. The van der Waals surface area contributed by atoms with Crippen molar-refractivity contribution in [3.05, 3.63) is 47.3 Å². The summed E-state index contributed by atoms with van der Waals surface area (Å²) >= 11 is 1.18. The van der Waals surface area contributed by atoms with Crippen LogP contribution in [-0.4, -0.2) is 27.9 Å². The van der Waals surface area contributed by atoms with Gasteiger partial charge in [0.1, 0.15) is 4.21 Å². The first kappa shape index (κ1) is 18.5. The van der Waals surface area contributed by atoms with Crippen LogP contribution in [0.2, 0.25) is 0 Å². The van der Waals surface area contributed by atoms with Gasteiger partial charge in [0.15, 0.2) is 0 Å². The van der Waals surface area contributed by atoms with E-state index in [-0.39, 0.29) is 5.91 Å². The molecule has 5 nitrogen and oxygen atoms in total. The van der Waals surface area contributed by atoms with Crippen molar-refractivity contribution in [1.29, 1.82) is 0 Å². The summed E-state index contributed by atoms with van der Waals surface area (Å²) in [5, 5.41) is 4.59. The van der Waals surface area contributed by atoms with Crippen molar-refractivity contribution >= 4 is 33.0 Å². The Balaban J connectivity index is 2.07. The van der Waals surface area contributed by atoms with Crippen molar-refractivity contribution in [1.82, 2.24) is 5.32 Å². The third-order valence-corrected chi connectivity index (χ3v) is 6.77. The van der Waals surface area contributed by atoms with Crippen LogP contribution >= 0.6 is 11.3 Å². The van der Waals surface area contributed by atoms with Gasteiger partial charge in [-0.1, -0.05) is 19.9 Å². The molecule has 0 saturated heterocycles. The minimum Gasteiger partial charge on any atom is -0.352 e. The quantitative estimate of drug-likeness (QED) is 0.817. The number of benzene rings is 1. The maximum atomic E-state index is 12.5. The van der Waals surface area contributed by atoms with Crippen LogP contribution in [0.15, 0.2) is 46.0 Å². The van der Waals surface area contributed by atoms with Gasteiger partial charge in [0.05, 0.1) is 5.69 Å². The molecule has 0 bridgehead atoms. The van der Waals surface area contributed by atoms with Gasteiger partial charge in [-0.2, -0.15) is 0 Å². The summed E-state index contributed by atoms with van der Waals surface area (Å²) in [5.74, 6) is 0.384. The highest BCUT2D eigenvalue weighted by Crippen LogP contribution is 2.25. The minimum absolute atomic E-state index is 0.147. The average molecular weight is 367 g/mol. The van der Waals surface area contributed by atoms with Crippen molar-refractivity contribution in [3.63, 3.8) is 0 Å². The van der Waals surface area contributed by atoms with E-state index >= 15 is 0 Å². The molecule has 1 heterocycles. The number of sulfonamides is 1. The predicted octanol–water partition coefficient (Wildman–Crippen LogP) is 3.35. The van der Waals surface area contributed by atoms with Crippen molar-refractivity contribution in [3.8, 4) is 0 Å². The molecule has 0 fully saturated rings. The SMILES string of the molecule is CC(C)CCNC(=O)c1ccc(N(C)S(=O)(=O)c2cccs2)cc1. The molecule has 0 saturated carbocycles. The molecule has 0 aliphatic carbocycles. The Bertz CT molecular complexity index is 767. The molecule has 1 aromatic carbocycles. The molecule has 1 N–H and O–H groups in total. The van der Waals surface area contributed by atoms with Crippen LogP contribution in [0, 0.1) is 5.92 Å². The number of carbonyl (C=O) groups is 1. The fourth-order valence-electron chi connectivity index (χ4n) is 2.08. The highest BCUT2D eigenvalue weighted by Gasteiger charge is 2.22. The molecule has 0 atom stereocenters. The third kappa shape index (κ3) is 4.36. The first-order valence-corrected chi connectivity index (χ1v) is 10.0. The molecule has 7 heteroatoms. The molecule has 0 radical (unpaired) electrons. The van der Waals surface area contributed by atoms with Gasteiger partial charge in [-0.3, -0.25) is 9.10 Å². The molecular formula is C17H22N2O3S2. The number of hydrogen-bond donors (Lipinski definition) is 1. The van der Waals surface area contributed by atoms with Gasteiger partial charge >= 0.3 is 0 Å². The minimum atomic E-state index is -3.55. The van der Waals surface area contributed by atoms with Gasteiger partial charge in [-0.25, -0.2) is 8.42 Å². The number of thiophene rings is 1. The maximum absolute atomic E-state index is 12.5. The van der Waals surface area contributed by atoms with E-state index in [0.29, 0.717) is 27.9 Å². The Morgan fingerprint density at radius 1 is 1.21 bits per heavy atom. The van der Waals surface area contributed by atoms with E-state index in [9.17, 15) is 13.2 Å². The van der Waals surface area contributed by atoms with E-state index in [0.717, 1.165) is 6.42 Å². The molecule has 2 aromatic rings. The zero-order chi connectivity index (χ0) is 17.7. The van der Waals surface area contributed by atoms with Crippen LogP contribution in [0.1, 0.15) is 30.6 Å². The van der Waals surface area contributed by atoms with Crippen LogP contribution in [0.5, 0.6) is 0 Å². The van der Waals surface area contributed by atoms with Crippen LogP contribution in [0.3, 0.4) is 0 Å². The summed E-state index contributed by atoms with van der Waals surface area (Å²) in [5.41, 5.74) is 1.03. The van der Waals surface area contributed by atoms with Gasteiger partial charge in [-0.15, -0.1) is 11.3 Å². The summed E-state index contributed by atoms with van der Waals surface area (Å²) in [7, 11) is -2.05. The number of nitrogens with zero attached hydrogens (tertiary/aromatic N) is 1. The van der Waals surface area contributed by atoms with Crippen molar-refractivity contribution in [2.45, 2.75) is 24.5 Å². The lowest BCUT2D eigenvalue weighted by Crippen LogP contribution is -2.27. The van der Waals surface area contributed by atoms with E-state index in [1.165, 1.54) is 22.7 Å². The van der Waals surface area contributed by atoms with Gasteiger partial charge in [0.25, 0.3) is 15.9 Å². The van der Waals surface area contributed by atoms with Gasteiger partial charge < -0.3 is 5.32 Å². The Hall–Kier alpha value is -1.86. The number of carbonyl (C=O) groups excluding carboxylic acids is 1. The molecule has 2 rings (SSSR count). The van der Waals surface area contributed by atoms with E-state index in [2.05, 4.69) is 19.2 Å². The Morgan fingerprint density at radius 2 is 1.88 bits per heavy atom. The van der Waals surface area contributed by atoms with Gasteiger partial charge in [0, 0.05) is 19.2 Å². The fraction of sp³-hybridized carbons (Fsp3) is 0.353.